The fourth-order valence-electron chi connectivity index (χ4n) is 3.13. The van der Waals surface area contributed by atoms with Crippen LogP contribution >= 0.6 is 0 Å². The fraction of sp³-hybridized carbons (Fsp3) is 0.800. The Morgan fingerprint density at radius 2 is 2.05 bits per heavy atom. The highest BCUT2D eigenvalue weighted by molar-refractivity contribution is 5.31. The van der Waals surface area contributed by atoms with Gasteiger partial charge in [-0.2, -0.15) is 5.10 Å². The smallest absolute Gasteiger partial charge is 0.216 e. The lowest BCUT2D eigenvalue weighted by Gasteiger charge is -2.32. The van der Waals surface area contributed by atoms with E-state index < -0.39 is 5.60 Å². The van der Waals surface area contributed by atoms with Crippen LogP contribution in [0.15, 0.2) is 0 Å². The molecule has 0 aliphatic heterocycles. The molecule has 2 N–H and O–H groups in total. The molecule has 2 rings (SSSR count). The number of methoxy groups -OCH3 is 1. The normalized spacial score (nSPS) is 18.2. The van der Waals surface area contributed by atoms with Gasteiger partial charge in [-0.15, -0.1) is 0 Å². The zero-order valence-electron chi connectivity index (χ0n) is 12.9. The van der Waals surface area contributed by atoms with Gasteiger partial charge in [0.1, 0.15) is 0 Å². The van der Waals surface area contributed by atoms with E-state index in [2.05, 4.69) is 17.3 Å². The molecule has 114 valence electrons. The molecule has 0 spiro atoms. The first kappa shape index (κ1) is 15.3. The maximum absolute atomic E-state index is 10.5. The number of nitrogens with one attached hydrogen (secondary N) is 1. The lowest BCUT2D eigenvalue weighted by Crippen LogP contribution is -2.42. The molecular weight excluding hydrogens is 254 g/mol. The standard InChI is InChI=1S/C15H27N3O2/c1-4-13-12(14(20-3)18(2)17-13)10-16-11-15(19)8-6-5-7-9-15/h16,19H,4-11H2,1-3H3. The molecule has 0 unspecified atom stereocenters. The van der Waals surface area contributed by atoms with Gasteiger partial charge in [-0.05, 0) is 19.3 Å². The summed E-state index contributed by atoms with van der Waals surface area (Å²) in [5.74, 6) is 0.810. The maximum Gasteiger partial charge on any atom is 0.216 e. The van der Waals surface area contributed by atoms with Gasteiger partial charge in [0.05, 0.1) is 24.0 Å². The van der Waals surface area contributed by atoms with Crippen LogP contribution in [0.1, 0.15) is 50.3 Å². The van der Waals surface area contributed by atoms with Crippen molar-refractivity contribution in [3.8, 4) is 5.88 Å². The minimum Gasteiger partial charge on any atom is -0.481 e. The van der Waals surface area contributed by atoms with Crippen molar-refractivity contribution in [3.63, 3.8) is 0 Å². The van der Waals surface area contributed by atoms with Gasteiger partial charge in [-0.3, -0.25) is 0 Å². The van der Waals surface area contributed by atoms with E-state index in [9.17, 15) is 5.11 Å². The van der Waals surface area contributed by atoms with Gasteiger partial charge in [0.15, 0.2) is 0 Å². The van der Waals surface area contributed by atoms with E-state index in [0.717, 1.165) is 49.2 Å². The van der Waals surface area contributed by atoms with E-state index in [1.807, 2.05) is 7.05 Å². The Morgan fingerprint density at radius 3 is 2.65 bits per heavy atom. The largest absolute Gasteiger partial charge is 0.481 e. The average Bonchev–Trinajstić information content (AvgIpc) is 2.75. The van der Waals surface area contributed by atoms with Crippen LogP contribution in [0.5, 0.6) is 5.88 Å². The summed E-state index contributed by atoms with van der Waals surface area (Å²) < 4.78 is 7.21. The quantitative estimate of drug-likeness (QED) is 0.834. The Kier molecular flexibility index (Phi) is 5.05. The van der Waals surface area contributed by atoms with Crippen LogP contribution in [0.3, 0.4) is 0 Å². The molecule has 1 aliphatic carbocycles. The zero-order chi connectivity index (χ0) is 14.6. The topological polar surface area (TPSA) is 59.3 Å². The van der Waals surface area contributed by atoms with Gasteiger partial charge >= 0.3 is 0 Å². The number of ether oxygens (including phenoxy) is 1. The van der Waals surface area contributed by atoms with Gasteiger partial charge in [0, 0.05) is 20.1 Å². The summed E-state index contributed by atoms with van der Waals surface area (Å²) in [4.78, 5) is 0. The van der Waals surface area contributed by atoms with Gasteiger partial charge in [0.2, 0.25) is 5.88 Å². The van der Waals surface area contributed by atoms with Crippen molar-refractivity contribution in [1.82, 2.24) is 15.1 Å². The highest BCUT2D eigenvalue weighted by Gasteiger charge is 2.28. The summed E-state index contributed by atoms with van der Waals surface area (Å²) in [6.45, 7) is 3.44. The molecule has 0 aromatic carbocycles. The second-order valence-electron chi connectivity index (χ2n) is 5.80. The van der Waals surface area contributed by atoms with Crippen LogP contribution in [0.25, 0.3) is 0 Å². The minimum absolute atomic E-state index is 0.528. The Bertz CT molecular complexity index is 437. The minimum atomic E-state index is -0.528. The SMILES string of the molecule is CCc1nn(C)c(OC)c1CNCC1(O)CCCCC1. The molecule has 1 saturated carbocycles. The monoisotopic (exact) mass is 281 g/mol. The van der Waals surface area contributed by atoms with Crippen molar-refractivity contribution < 1.29 is 9.84 Å². The molecule has 1 aliphatic rings. The molecule has 1 aromatic heterocycles. The van der Waals surface area contributed by atoms with Crippen molar-refractivity contribution >= 4 is 0 Å². The van der Waals surface area contributed by atoms with Gasteiger partial charge in [0.25, 0.3) is 0 Å². The molecule has 1 fully saturated rings. The molecule has 5 nitrogen and oxygen atoms in total. The van der Waals surface area contributed by atoms with E-state index in [1.54, 1.807) is 11.8 Å². The van der Waals surface area contributed by atoms with E-state index in [1.165, 1.54) is 6.42 Å². The van der Waals surface area contributed by atoms with Crippen LogP contribution in [0.4, 0.5) is 0 Å². The number of aryl methyl sites for hydroxylation is 2. The molecule has 1 heterocycles. The molecule has 5 heteroatoms. The van der Waals surface area contributed by atoms with Crippen LogP contribution in [0.2, 0.25) is 0 Å². The summed E-state index contributed by atoms with van der Waals surface area (Å²) >= 11 is 0. The Hall–Kier alpha value is -1.07. The van der Waals surface area contributed by atoms with E-state index in [-0.39, 0.29) is 0 Å². The maximum atomic E-state index is 10.5. The lowest BCUT2D eigenvalue weighted by molar-refractivity contribution is 0.00462. The number of hydrogen-bond acceptors (Lipinski definition) is 4. The Morgan fingerprint density at radius 1 is 1.35 bits per heavy atom. The first-order valence-corrected chi connectivity index (χ1v) is 7.61. The van der Waals surface area contributed by atoms with Crippen molar-refractivity contribution in [1.29, 1.82) is 0 Å². The summed E-state index contributed by atoms with van der Waals surface area (Å²) in [6, 6.07) is 0. The number of hydrogen-bond donors (Lipinski definition) is 2. The Balaban J connectivity index is 1.96. The molecule has 0 radical (unpaired) electrons. The first-order valence-electron chi connectivity index (χ1n) is 7.61. The van der Waals surface area contributed by atoms with E-state index in [0.29, 0.717) is 13.1 Å². The third-order valence-corrected chi connectivity index (χ3v) is 4.24. The third kappa shape index (κ3) is 3.33. The number of rotatable bonds is 6. The average molecular weight is 281 g/mol. The van der Waals surface area contributed by atoms with Crippen LogP contribution < -0.4 is 10.1 Å². The van der Waals surface area contributed by atoms with E-state index >= 15 is 0 Å². The van der Waals surface area contributed by atoms with Gasteiger partial charge in [-0.1, -0.05) is 26.2 Å². The second-order valence-corrected chi connectivity index (χ2v) is 5.80. The lowest BCUT2D eigenvalue weighted by atomic mass is 9.85. The van der Waals surface area contributed by atoms with Crippen molar-refractivity contribution in [2.24, 2.45) is 7.05 Å². The first-order chi connectivity index (χ1) is 9.59. The predicted molar refractivity (Wildman–Crippen MR) is 78.9 cm³/mol. The fourth-order valence-corrected chi connectivity index (χ4v) is 3.13. The van der Waals surface area contributed by atoms with Crippen LogP contribution in [0, 0.1) is 0 Å². The summed E-state index contributed by atoms with van der Waals surface area (Å²) in [6.07, 6.45) is 6.22. The summed E-state index contributed by atoms with van der Waals surface area (Å²) in [5, 5.41) is 18.4. The summed E-state index contributed by atoms with van der Waals surface area (Å²) in [7, 11) is 3.57. The predicted octanol–water partition coefficient (Wildman–Crippen LogP) is 1.78. The molecule has 0 amide bonds. The highest BCUT2D eigenvalue weighted by Crippen LogP contribution is 2.28. The molecule has 0 bridgehead atoms. The summed E-state index contributed by atoms with van der Waals surface area (Å²) in [5.41, 5.74) is 1.64. The molecule has 20 heavy (non-hydrogen) atoms. The Labute approximate surface area is 121 Å². The van der Waals surface area contributed by atoms with Gasteiger partial charge < -0.3 is 15.2 Å². The molecule has 0 saturated heterocycles. The number of nitrogens with zero attached hydrogens (tertiary/aromatic N) is 2. The molecular formula is C15H27N3O2. The number of aliphatic hydroxyl groups is 1. The molecule has 1 aromatic rings. The van der Waals surface area contributed by atoms with Crippen LogP contribution in [-0.2, 0) is 20.0 Å². The van der Waals surface area contributed by atoms with Crippen molar-refractivity contribution in [2.75, 3.05) is 13.7 Å². The van der Waals surface area contributed by atoms with Crippen molar-refractivity contribution in [2.45, 2.75) is 57.6 Å². The van der Waals surface area contributed by atoms with Crippen LogP contribution in [-0.4, -0.2) is 34.1 Å². The zero-order valence-corrected chi connectivity index (χ0v) is 12.9. The highest BCUT2D eigenvalue weighted by atomic mass is 16.5. The van der Waals surface area contributed by atoms with Crippen molar-refractivity contribution in [3.05, 3.63) is 11.3 Å². The van der Waals surface area contributed by atoms with E-state index in [4.69, 9.17) is 4.74 Å². The second kappa shape index (κ2) is 6.59. The third-order valence-electron chi connectivity index (χ3n) is 4.24. The van der Waals surface area contributed by atoms with Gasteiger partial charge in [-0.25, -0.2) is 4.68 Å². The number of aromatic nitrogens is 2. The molecule has 0 atom stereocenters.